The van der Waals surface area contributed by atoms with Gasteiger partial charge in [0, 0.05) is 37.1 Å². The Kier molecular flexibility index (Phi) is 4.46. The molecule has 1 saturated carbocycles. The predicted octanol–water partition coefficient (Wildman–Crippen LogP) is 2.66. The summed E-state index contributed by atoms with van der Waals surface area (Å²) in [5.41, 5.74) is 3.23. The van der Waals surface area contributed by atoms with Crippen LogP contribution in [0.1, 0.15) is 29.8 Å². The molecule has 0 atom stereocenters. The number of aromatic nitrogens is 2. The predicted molar refractivity (Wildman–Crippen MR) is 82.3 cm³/mol. The van der Waals surface area contributed by atoms with E-state index in [1.807, 2.05) is 31.3 Å². The van der Waals surface area contributed by atoms with E-state index in [1.54, 1.807) is 6.20 Å². The molecule has 1 aliphatic carbocycles. The van der Waals surface area contributed by atoms with Crippen molar-refractivity contribution < 1.29 is 4.74 Å². The van der Waals surface area contributed by atoms with Crippen molar-refractivity contribution in [3.63, 3.8) is 0 Å². The first kappa shape index (κ1) is 14.0. The van der Waals surface area contributed by atoms with E-state index >= 15 is 0 Å². The van der Waals surface area contributed by atoms with Crippen LogP contribution in [0, 0.1) is 6.92 Å². The standard InChI is InChI=1S/C17H21N3O/c1-13-4-7-17(16(20-13)12-19-15-5-6-15)21-10-8-14-3-2-9-18-11-14/h2-4,7,9,11,15,19H,5-6,8,10,12H2,1H3. The molecule has 0 spiro atoms. The Morgan fingerprint density at radius 3 is 2.95 bits per heavy atom. The molecule has 0 radical (unpaired) electrons. The lowest BCUT2D eigenvalue weighted by molar-refractivity contribution is 0.315. The fraction of sp³-hybridized carbons (Fsp3) is 0.412. The van der Waals surface area contributed by atoms with Gasteiger partial charge in [-0.05, 0) is 43.5 Å². The highest BCUT2D eigenvalue weighted by atomic mass is 16.5. The van der Waals surface area contributed by atoms with E-state index < -0.39 is 0 Å². The van der Waals surface area contributed by atoms with Crippen molar-refractivity contribution in [1.82, 2.24) is 15.3 Å². The van der Waals surface area contributed by atoms with Gasteiger partial charge in [-0.2, -0.15) is 0 Å². The second kappa shape index (κ2) is 6.68. The van der Waals surface area contributed by atoms with Gasteiger partial charge in [0.15, 0.2) is 0 Å². The largest absolute Gasteiger partial charge is 0.491 e. The van der Waals surface area contributed by atoms with Gasteiger partial charge in [0.2, 0.25) is 0 Å². The third kappa shape index (κ3) is 4.26. The molecule has 1 N–H and O–H groups in total. The van der Waals surface area contributed by atoms with Crippen molar-refractivity contribution in [3.05, 3.63) is 53.6 Å². The Balaban J connectivity index is 1.58. The maximum absolute atomic E-state index is 5.92. The first-order valence-corrected chi connectivity index (χ1v) is 7.53. The van der Waals surface area contributed by atoms with E-state index in [2.05, 4.69) is 21.4 Å². The van der Waals surface area contributed by atoms with Crippen LogP contribution in [0.3, 0.4) is 0 Å². The summed E-state index contributed by atoms with van der Waals surface area (Å²) in [6.07, 6.45) is 7.09. The average Bonchev–Trinajstić information content (AvgIpc) is 3.32. The Hall–Kier alpha value is -1.94. The summed E-state index contributed by atoms with van der Waals surface area (Å²) < 4.78 is 5.92. The van der Waals surface area contributed by atoms with E-state index in [-0.39, 0.29) is 0 Å². The number of ether oxygens (including phenoxy) is 1. The van der Waals surface area contributed by atoms with Gasteiger partial charge in [-0.15, -0.1) is 0 Å². The zero-order valence-electron chi connectivity index (χ0n) is 12.4. The summed E-state index contributed by atoms with van der Waals surface area (Å²) in [6.45, 7) is 3.45. The van der Waals surface area contributed by atoms with Crippen LogP contribution in [0.5, 0.6) is 5.75 Å². The van der Waals surface area contributed by atoms with Crippen LogP contribution in [-0.4, -0.2) is 22.6 Å². The van der Waals surface area contributed by atoms with Gasteiger partial charge >= 0.3 is 0 Å². The molecule has 2 aromatic heterocycles. The summed E-state index contributed by atoms with van der Waals surface area (Å²) in [5.74, 6) is 0.887. The van der Waals surface area contributed by atoms with E-state index in [0.29, 0.717) is 12.6 Å². The van der Waals surface area contributed by atoms with Gasteiger partial charge in [-0.25, -0.2) is 0 Å². The Labute approximate surface area is 125 Å². The molecule has 110 valence electrons. The molecule has 1 aliphatic rings. The summed E-state index contributed by atoms with van der Waals surface area (Å²) >= 11 is 0. The second-order valence-corrected chi connectivity index (χ2v) is 5.51. The van der Waals surface area contributed by atoms with Gasteiger partial charge in [-0.1, -0.05) is 6.07 Å². The molecule has 4 nitrogen and oxygen atoms in total. The molecular formula is C17H21N3O. The Morgan fingerprint density at radius 1 is 1.29 bits per heavy atom. The molecule has 3 rings (SSSR count). The smallest absolute Gasteiger partial charge is 0.142 e. The molecule has 1 fully saturated rings. The summed E-state index contributed by atoms with van der Waals surface area (Å²) in [4.78, 5) is 8.72. The molecule has 0 aromatic carbocycles. The SMILES string of the molecule is Cc1ccc(OCCc2cccnc2)c(CNC2CC2)n1. The number of pyridine rings is 2. The summed E-state index contributed by atoms with van der Waals surface area (Å²) in [6, 6.07) is 8.72. The lowest BCUT2D eigenvalue weighted by Gasteiger charge is -2.12. The normalized spacial score (nSPS) is 14.1. The Bertz CT molecular complexity index is 582. The number of nitrogens with zero attached hydrogens (tertiary/aromatic N) is 2. The summed E-state index contributed by atoms with van der Waals surface area (Å²) in [5, 5.41) is 3.50. The minimum absolute atomic E-state index is 0.646. The van der Waals surface area contributed by atoms with Crippen molar-refractivity contribution in [2.45, 2.75) is 38.8 Å². The zero-order valence-corrected chi connectivity index (χ0v) is 12.4. The lowest BCUT2D eigenvalue weighted by Crippen LogP contribution is -2.17. The molecule has 0 aliphatic heterocycles. The zero-order chi connectivity index (χ0) is 14.5. The Morgan fingerprint density at radius 2 is 2.19 bits per heavy atom. The number of hydrogen-bond acceptors (Lipinski definition) is 4. The quantitative estimate of drug-likeness (QED) is 0.848. The highest BCUT2D eigenvalue weighted by molar-refractivity contribution is 5.29. The highest BCUT2D eigenvalue weighted by Gasteiger charge is 2.21. The topological polar surface area (TPSA) is 47.0 Å². The monoisotopic (exact) mass is 283 g/mol. The average molecular weight is 283 g/mol. The molecular weight excluding hydrogens is 262 g/mol. The summed E-state index contributed by atoms with van der Waals surface area (Å²) in [7, 11) is 0. The van der Waals surface area contributed by atoms with Gasteiger partial charge in [0.1, 0.15) is 5.75 Å². The van der Waals surface area contributed by atoms with Crippen molar-refractivity contribution in [2.75, 3.05) is 6.61 Å². The van der Waals surface area contributed by atoms with Crippen LogP contribution in [0.25, 0.3) is 0 Å². The van der Waals surface area contributed by atoms with Crippen LogP contribution in [0.4, 0.5) is 0 Å². The minimum atomic E-state index is 0.646. The van der Waals surface area contributed by atoms with Gasteiger partial charge in [0.05, 0.1) is 12.3 Å². The molecule has 0 amide bonds. The third-order valence-corrected chi connectivity index (χ3v) is 3.58. The van der Waals surface area contributed by atoms with Crippen LogP contribution < -0.4 is 10.1 Å². The minimum Gasteiger partial charge on any atom is -0.491 e. The van der Waals surface area contributed by atoms with E-state index in [4.69, 9.17) is 4.74 Å². The van der Waals surface area contributed by atoms with Crippen molar-refractivity contribution in [3.8, 4) is 5.75 Å². The number of nitrogens with one attached hydrogen (secondary N) is 1. The fourth-order valence-electron chi connectivity index (χ4n) is 2.21. The first-order chi connectivity index (χ1) is 10.3. The van der Waals surface area contributed by atoms with E-state index in [1.165, 1.54) is 18.4 Å². The number of hydrogen-bond donors (Lipinski definition) is 1. The van der Waals surface area contributed by atoms with E-state index in [9.17, 15) is 0 Å². The third-order valence-electron chi connectivity index (χ3n) is 3.58. The molecule has 4 heteroatoms. The number of aryl methyl sites for hydroxylation is 1. The molecule has 21 heavy (non-hydrogen) atoms. The number of rotatable bonds is 7. The van der Waals surface area contributed by atoms with E-state index in [0.717, 1.165) is 30.1 Å². The lowest BCUT2D eigenvalue weighted by atomic mass is 10.2. The van der Waals surface area contributed by atoms with Crippen LogP contribution in [0.15, 0.2) is 36.7 Å². The van der Waals surface area contributed by atoms with Crippen molar-refractivity contribution in [1.29, 1.82) is 0 Å². The van der Waals surface area contributed by atoms with Crippen LogP contribution in [0.2, 0.25) is 0 Å². The van der Waals surface area contributed by atoms with Crippen LogP contribution >= 0.6 is 0 Å². The van der Waals surface area contributed by atoms with Crippen molar-refractivity contribution >= 4 is 0 Å². The van der Waals surface area contributed by atoms with Gasteiger partial charge < -0.3 is 10.1 Å². The van der Waals surface area contributed by atoms with Gasteiger partial charge in [-0.3, -0.25) is 9.97 Å². The molecule has 2 heterocycles. The highest BCUT2D eigenvalue weighted by Crippen LogP contribution is 2.22. The maximum atomic E-state index is 5.92. The maximum Gasteiger partial charge on any atom is 0.142 e. The van der Waals surface area contributed by atoms with Gasteiger partial charge in [0.25, 0.3) is 0 Å². The second-order valence-electron chi connectivity index (χ2n) is 5.51. The van der Waals surface area contributed by atoms with Crippen molar-refractivity contribution in [2.24, 2.45) is 0 Å². The molecule has 0 unspecified atom stereocenters. The fourth-order valence-corrected chi connectivity index (χ4v) is 2.21. The molecule has 2 aromatic rings. The molecule has 0 bridgehead atoms. The van der Waals surface area contributed by atoms with Crippen LogP contribution in [-0.2, 0) is 13.0 Å². The molecule has 0 saturated heterocycles. The first-order valence-electron chi connectivity index (χ1n) is 7.53.